The molecule has 0 unspecified atom stereocenters. The van der Waals surface area contributed by atoms with Gasteiger partial charge in [0, 0.05) is 14.7 Å². The van der Waals surface area contributed by atoms with E-state index >= 15 is 0 Å². The van der Waals surface area contributed by atoms with E-state index in [0.717, 1.165) is 15.7 Å². The summed E-state index contributed by atoms with van der Waals surface area (Å²) < 4.78 is 44.9. The molecule has 0 fully saturated rings. The second kappa shape index (κ2) is 7.95. The lowest BCUT2D eigenvalue weighted by Crippen LogP contribution is -2.17. The summed E-state index contributed by atoms with van der Waals surface area (Å²) >= 11 is 2.13. The Labute approximate surface area is 166 Å². The van der Waals surface area contributed by atoms with E-state index < -0.39 is 11.7 Å². The van der Waals surface area contributed by atoms with Crippen LogP contribution in [0.15, 0.2) is 70.2 Å². The van der Waals surface area contributed by atoms with E-state index in [1.807, 2.05) is 0 Å². The van der Waals surface area contributed by atoms with E-state index in [1.165, 1.54) is 24.4 Å². The van der Waals surface area contributed by atoms with Crippen molar-refractivity contribution in [2.75, 3.05) is 0 Å². The number of amides is 1. The number of hydrogen-bond acceptors (Lipinski definition) is 3. The molecule has 1 N–H and O–H groups in total. The highest BCUT2D eigenvalue weighted by Gasteiger charge is 2.30. The smallest absolute Gasteiger partial charge is 0.416 e. The highest BCUT2D eigenvalue weighted by molar-refractivity contribution is 14.1. The molecule has 1 amide bonds. The topological polar surface area (TPSA) is 54.6 Å². The van der Waals surface area contributed by atoms with Crippen molar-refractivity contribution in [1.82, 2.24) is 5.43 Å². The van der Waals surface area contributed by atoms with Gasteiger partial charge < -0.3 is 4.42 Å². The second-order valence-corrected chi connectivity index (χ2v) is 6.73. The van der Waals surface area contributed by atoms with Crippen LogP contribution in [0.5, 0.6) is 0 Å². The normalized spacial score (nSPS) is 11.7. The first kappa shape index (κ1) is 19.2. The lowest BCUT2D eigenvalue weighted by atomic mass is 10.1. The number of carbonyl (C=O) groups is 1. The van der Waals surface area contributed by atoms with Crippen LogP contribution >= 0.6 is 22.6 Å². The molecule has 3 rings (SSSR count). The molecule has 0 saturated heterocycles. The predicted octanol–water partition coefficient (Wildman–Crippen LogP) is 5.33. The van der Waals surface area contributed by atoms with Gasteiger partial charge in [-0.25, -0.2) is 5.43 Å². The van der Waals surface area contributed by atoms with Gasteiger partial charge in [0.1, 0.15) is 11.5 Å². The van der Waals surface area contributed by atoms with Gasteiger partial charge in [-0.1, -0.05) is 12.1 Å². The Balaban J connectivity index is 1.68. The quantitative estimate of drug-likeness (QED) is 0.309. The van der Waals surface area contributed by atoms with Crippen molar-refractivity contribution in [2.24, 2.45) is 5.10 Å². The fourth-order valence-corrected chi connectivity index (χ4v) is 2.61. The highest BCUT2D eigenvalue weighted by atomic mass is 127. The SMILES string of the molecule is O=C(N/N=C\c1ccc(-c2cccc(C(F)(F)F)c2)o1)c1ccc(I)cc1. The summed E-state index contributed by atoms with van der Waals surface area (Å²) in [4.78, 5) is 11.9. The van der Waals surface area contributed by atoms with Crippen molar-refractivity contribution in [3.8, 4) is 11.3 Å². The van der Waals surface area contributed by atoms with Crippen molar-refractivity contribution in [2.45, 2.75) is 6.18 Å². The first-order valence-electron chi connectivity index (χ1n) is 7.69. The Hall–Kier alpha value is -2.62. The lowest BCUT2D eigenvalue weighted by molar-refractivity contribution is -0.137. The summed E-state index contributed by atoms with van der Waals surface area (Å²) in [6, 6.07) is 14.9. The maximum absolute atomic E-state index is 12.8. The van der Waals surface area contributed by atoms with E-state index in [0.29, 0.717) is 16.9 Å². The van der Waals surface area contributed by atoms with Crippen molar-refractivity contribution in [1.29, 1.82) is 0 Å². The molecular formula is C19H12F3IN2O2. The molecule has 0 bridgehead atoms. The third-order valence-electron chi connectivity index (χ3n) is 3.57. The predicted molar refractivity (Wildman–Crippen MR) is 103 cm³/mol. The number of nitrogens with zero attached hydrogens (tertiary/aromatic N) is 1. The van der Waals surface area contributed by atoms with Crippen LogP contribution in [0.1, 0.15) is 21.7 Å². The molecule has 0 spiro atoms. The van der Waals surface area contributed by atoms with Crippen molar-refractivity contribution < 1.29 is 22.4 Å². The minimum atomic E-state index is -4.42. The minimum absolute atomic E-state index is 0.270. The molecule has 1 aromatic heterocycles. The third kappa shape index (κ3) is 4.97. The number of nitrogens with one attached hydrogen (secondary N) is 1. The molecule has 2 aromatic carbocycles. The van der Waals surface area contributed by atoms with Crippen molar-refractivity contribution >= 4 is 34.7 Å². The number of carbonyl (C=O) groups excluding carboxylic acids is 1. The van der Waals surface area contributed by atoms with Crippen LogP contribution in [0, 0.1) is 3.57 Å². The van der Waals surface area contributed by atoms with Gasteiger partial charge in [0.15, 0.2) is 0 Å². The van der Waals surface area contributed by atoms with Gasteiger partial charge in [0.05, 0.1) is 11.8 Å². The molecule has 0 aliphatic carbocycles. The summed E-state index contributed by atoms with van der Waals surface area (Å²) in [5, 5.41) is 3.80. The fraction of sp³-hybridized carbons (Fsp3) is 0.0526. The van der Waals surface area contributed by atoms with Crippen LogP contribution in [-0.2, 0) is 6.18 Å². The monoisotopic (exact) mass is 484 g/mol. The van der Waals surface area contributed by atoms with Crippen LogP contribution in [0.25, 0.3) is 11.3 Å². The highest BCUT2D eigenvalue weighted by Crippen LogP contribution is 2.32. The molecule has 3 aromatic rings. The van der Waals surface area contributed by atoms with Gasteiger partial charge in [-0.05, 0) is 71.1 Å². The summed E-state index contributed by atoms with van der Waals surface area (Å²) in [7, 11) is 0. The van der Waals surface area contributed by atoms with E-state index in [2.05, 4.69) is 33.1 Å². The van der Waals surface area contributed by atoms with Gasteiger partial charge in [-0.2, -0.15) is 18.3 Å². The molecule has 0 radical (unpaired) electrons. The zero-order chi connectivity index (χ0) is 19.4. The van der Waals surface area contributed by atoms with Gasteiger partial charge in [0.2, 0.25) is 0 Å². The van der Waals surface area contributed by atoms with Crippen LogP contribution in [0.4, 0.5) is 13.2 Å². The molecule has 0 aliphatic rings. The first-order chi connectivity index (χ1) is 12.8. The summed E-state index contributed by atoms with van der Waals surface area (Å²) in [5.74, 6) is 0.184. The average Bonchev–Trinajstić information content (AvgIpc) is 3.10. The van der Waals surface area contributed by atoms with Gasteiger partial charge in [-0.15, -0.1) is 0 Å². The van der Waals surface area contributed by atoms with Crippen LogP contribution in [-0.4, -0.2) is 12.1 Å². The number of hydrazone groups is 1. The van der Waals surface area contributed by atoms with Gasteiger partial charge >= 0.3 is 6.18 Å². The number of halogens is 4. The molecule has 1 heterocycles. The molecular weight excluding hydrogens is 472 g/mol. The maximum atomic E-state index is 12.8. The number of benzene rings is 2. The fourth-order valence-electron chi connectivity index (χ4n) is 2.25. The third-order valence-corrected chi connectivity index (χ3v) is 4.28. The van der Waals surface area contributed by atoms with E-state index in [1.54, 1.807) is 30.3 Å². The van der Waals surface area contributed by atoms with E-state index in [4.69, 9.17) is 4.42 Å². The molecule has 8 heteroatoms. The average molecular weight is 484 g/mol. The maximum Gasteiger partial charge on any atom is 0.416 e. The molecule has 0 saturated carbocycles. The van der Waals surface area contributed by atoms with E-state index in [-0.39, 0.29) is 11.7 Å². The standard InChI is InChI=1S/C19H12F3IN2O2/c20-19(21,22)14-3-1-2-13(10-14)17-9-8-16(27-17)11-24-25-18(26)12-4-6-15(23)7-5-12/h1-11H,(H,25,26)/b24-11-. The summed E-state index contributed by atoms with van der Waals surface area (Å²) in [6.45, 7) is 0. The van der Waals surface area contributed by atoms with Crippen LogP contribution in [0.2, 0.25) is 0 Å². The molecule has 4 nitrogen and oxygen atoms in total. The molecule has 0 atom stereocenters. The van der Waals surface area contributed by atoms with Crippen molar-refractivity contribution in [3.63, 3.8) is 0 Å². The summed E-state index contributed by atoms with van der Waals surface area (Å²) in [5.41, 5.74) is 2.36. The molecule has 27 heavy (non-hydrogen) atoms. The molecule has 0 aliphatic heterocycles. The van der Waals surface area contributed by atoms with Crippen molar-refractivity contribution in [3.05, 3.63) is 81.1 Å². The Kier molecular flexibility index (Phi) is 5.64. The summed E-state index contributed by atoms with van der Waals surface area (Å²) in [6.07, 6.45) is -3.14. The Morgan fingerprint density at radius 2 is 1.81 bits per heavy atom. The zero-order valence-corrected chi connectivity index (χ0v) is 15.8. The van der Waals surface area contributed by atoms with Crippen LogP contribution in [0.3, 0.4) is 0 Å². The second-order valence-electron chi connectivity index (χ2n) is 5.49. The largest absolute Gasteiger partial charge is 0.455 e. The zero-order valence-electron chi connectivity index (χ0n) is 13.6. The number of furan rings is 1. The van der Waals surface area contributed by atoms with E-state index in [9.17, 15) is 18.0 Å². The first-order valence-corrected chi connectivity index (χ1v) is 8.77. The Morgan fingerprint density at radius 3 is 2.52 bits per heavy atom. The molecule has 138 valence electrons. The van der Waals surface area contributed by atoms with Gasteiger partial charge in [0.25, 0.3) is 5.91 Å². The number of alkyl halides is 3. The van der Waals surface area contributed by atoms with Crippen LogP contribution < -0.4 is 5.43 Å². The Morgan fingerprint density at radius 1 is 1.07 bits per heavy atom. The van der Waals surface area contributed by atoms with Gasteiger partial charge in [-0.3, -0.25) is 4.79 Å². The lowest BCUT2D eigenvalue weighted by Gasteiger charge is -2.07. The Bertz CT molecular complexity index is 979. The number of hydrogen-bond donors (Lipinski definition) is 1. The number of rotatable bonds is 4. The minimum Gasteiger partial charge on any atom is -0.455 e.